The number of rotatable bonds is 8. The van der Waals surface area contributed by atoms with Gasteiger partial charge in [-0.25, -0.2) is 0 Å². The van der Waals surface area contributed by atoms with Gasteiger partial charge in [0.2, 0.25) is 0 Å². The minimum Gasteiger partial charge on any atom is -1.00 e. The molecule has 0 spiro atoms. The summed E-state index contributed by atoms with van der Waals surface area (Å²) in [5, 5.41) is 3.70. The average Bonchev–Trinajstić information content (AvgIpc) is 3.09. The number of hydrogen-bond acceptors (Lipinski definition) is 4. The summed E-state index contributed by atoms with van der Waals surface area (Å²) in [6, 6.07) is 23.6. The Kier molecular flexibility index (Phi) is 13.0. The molecule has 0 fully saturated rings. The van der Waals surface area contributed by atoms with Crippen molar-refractivity contribution in [3.63, 3.8) is 0 Å². The predicted octanol–water partition coefficient (Wildman–Crippen LogP) is -3.87. The molecule has 40 heavy (non-hydrogen) atoms. The van der Waals surface area contributed by atoms with Crippen LogP contribution in [0.3, 0.4) is 0 Å². The second-order valence-electron chi connectivity index (χ2n) is 9.57. The maximum Gasteiger partial charge on any atom is -1.00 e. The minimum atomic E-state index is -2.95. The molecule has 0 amide bonds. The summed E-state index contributed by atoms with van der Waals surface area (Å²) in [4.78, 5) is 0. The van der Waals surface area contributed by atoms with Crippen molar-refractivity contribution in [3.8, 4) is 23.0 Å². The maximum atomic E-state index is 5.81. The first-order valence-corrected chi connectivity index (χ1v) is 15.1. The molecule has 0 heterocycles. The standard InChI is InChI=1S/C31H35O4Si.3ClH.Ti/c1-20-21(2)23(4)31(22(20)3)36(28-12-10-9-11-13-28,29-16-24(32-5)14-25(17-29)33-6)30-18-26(34-7)15-27(19-30)35-8;;;;/h9-19H,1-8H3;3*1H;/q;;;;+3/p-3. The third kappa shape index (κ3) is 5.62. The van der Waals surface area contributed by atoms with Gasteiger partial charge in [-0.15, -0.1) is 0 Å². The van der Waals surface area contributed by atoms with Gasteiger partial charge >= 0.3 is 235 Å². The van der Waals surface area contributed by atoms with Gasteiger partial charge in [0, 0.05) is 0 Å². The van der Waals surface area contributed by atoms with Crippen molar-refractivity contribution in [3.05, 3.63) is 89.0 Å². The van der Waals surface area contributed by atoms with Gasteiger partial charge in [-0.05, 0) is 0 Å². The van der Waals surface area contributed by atoms with Gasteiger partial charge in [0.15, 0.2) is 0 Å². The van der Waals surface area contributed by atoms with E-state index in [4.69, 9.17) is 18.9 Å². The van der Waals surface area contributed by atoms with Crippen LogP contribution >= 0.6 is 0 Å². The number of methoxy groups -OCH3 is 4. The average molecular weight is 654 g/mol. The molecule has 0 saturated carbocycles. The number of allylic oxidation sites excluding steroid dienone is 4. The van der Waals surface area contributed by atoms with Crippen molar-refractivity contribution in [1.82, 2.24) is 0 Å². The Hall–Kier alpha value is -1.86. The number of halogens is 3. The van der Waals surface area contributed by atoms with Crippen LogP contribution in [-0.2, 0) is 20.4 Å². The van der Waals surface area contributed by atoms with Crippen LogP contribution in [0.5, 0.6) is 23.0 Å². The molecule has 212 valence electrons. The summed E-state index contributed by atoms with van der Waals surface area (Å²) in [6.07, 6.45) is 0. The van der Waals surface area contributed by atoms with Crippen LogP contribution in [0.25, 0.3) is 0 Å². The monoisotopic (exact) mass is 652 g/mol. The normalized spacial score (nSPS) is 14.1. The molecule has 0 bridgehead atoms. The fourth-order valence-electron chi connectivity index (χ4n) is 5.85. The van der Waals surface area contributed by atoms with E-state index in [1.54, 1.807) is 28.4 Å². The van der Waals surface area contributed by atoms with E-state index in [9.17, 15) is 0 Å². The number of ether oxygens (including phenoxy) is 4. The van der Waals surface area contributed by atoms with E-state index < -0.39 is 8.07 Å². The van der Waals surface area contributed by atoms with Crippen LogP contribution in [0.2, 0.25) is 3.34 Å². The van der Waals surface area contributed by atoms with Gasteiger partial charge < -0.3 is 37.2 Å². The summed E-state index contributed by atoms with van der Waals surface area (Å²) in [5.41, 5.74) is 5.50. The molecular formula is C31H35Cl3O4SiTi. The summed E-state index contributed by atoms with van der Waals surface area (Å²) < 4.78 is 23.0. The molecule has 3 aromatic rings. The SMILES string of the molecule is COc1cc(OC)cc([Si](c2ccccc2)(c2cc(OC)cc(OC)c2)[C]2([Ti+3])C(C)=C(C)C(C)=C2C)c1.[Cl-].[Cl-].[Cl-]. The van der Waals surface area contributed by atoms with Gasteiger partial charge in [-0.1, -0.05) is 0 Å². The van der Waals surface area contributed by atoms with E-state index >= 15 is 0 Å². The zero-order chi connectivity index (χ0) is 27.0. The fourth-order valence-corrected chi connectivity index (χ4v) is 14.4. The smallest absolute Gasteiger partial charge is 1.00 e. The first-order valence-electron chi connectivity index (χ1n) is 12.3. The summed E-state index contributed by atoms with van der Waals surface area (Å²) in [6.45, 7) is 9.10. The molecule has 0 unspecified atom stereocenters. The molecule has 0 aliphatic heterocycles. The molecule has 0 aromatic heterocycles. The third-order valence-corrected chi connectivity index (χ3v) is 16.5. The quantitative estimate of drug-likeness (QED) is 0.185. The molecular weight excluding hydrogens is 619 g/mol. The molecule has 1 aliphatic carbocycles. The van der Waals surface area contributed by atoms with Crippen molar-refractivity contribution >= 4 is 23.6 Å². The molecule has 9 heteroatoms. The van der Waals surface area contributed by atoms with E-state index in [1.165, 1.54) is 37.9 Å². The van der Waals surface area contributed by atoms with E-state index in [-0.39, 0.29) is 40.6 Å². The second-order valence-corrected chi connectivity index (χ2v) is 15.5. The fraction of sp³-hybridized carbons (Fsp3) is 0.290. The molecule has 0 N–H and O–H groups in total. The first-order chi connectivity index (χ1) is 17.7. The number of hydrogen-bond donors (Lipinski definition) is 0. The Labute approximate surface area is 270 Å². The summed E-state index contributed by atoms with van der Waals surface area (Å²) in [5.74, 6) is 3.09. The molecule has 0 atom stereocenters. The Morgan fingerprint density at radius 1 is 0.525 bits per heavy atom. The minimum absolute atomic E-state index is 0. The predicted molar refractivity (Wildman–Crippen MR) is 150 cm³/mol. The largest absolute Gasteiger partial charge is 1.00 e. The molecule has 0 saturated heterocycles. The van der Waals surface area contributed by atoms with E-state index in [2.05, 4.69) is 103 Å². The maximum absolute atomic E-state index is 5.81. The molecule has 3 aromatic carbocycles. The van der Waals surface area contributed by atoms with E-state index in [1.807, 2.05) is 12.1 Å². The Morgan fingerprint density at radius 2 is 0.850 bits per heavy atom. The number of benzene rings is 3. The molecule has 4 nitrogen and oxygen atoms in total. The van der Waals surface area contributed by atoms with Crippen LogP contribution in [0.1, 0.15) is 27.7 Å². The third-order valence-electron chi connectivity index (χ3n) is 8.15. The van der Waals surface area contributed by atoms with Crippen LogP contribution in [0.15, 0.2) is 89.0 Å². The van der Waals surface area contributed by atoms with Crippen molar-refractivity contribution < 1.29 is 76.6 Å². The Bertz CT molecular complexity index is 1270. The zero-order valence-corrected chi connectivity index (χ0v) is 28.9. The van der Waals surface area contributed by atoms with Crippen molar-refractivity contribution in [2.24, 2.45) is 0 Å². The Balaban J connectivity index is 0.00000267. The van der Waals surface area contributed by atoms with Crippen molar-refractivity contribution in [2.75, 3.05) is 28.4 Å². The van der Waals surface area contributed by atoms with Gasteiger partial charge in [-0.3, -0.25) is 0 Å². The molecule has 1 aliphatic rings. The van der Waals surface area contributed by atoms with Gasteiger partial charge in [-0.2, -0.15) is 0 Å². The van der Waals surface area contributed by atoms with Crippen LogP contribution in [-0.4, -0.2) is 36.5 Å². The zero-order valence-electron chi connectivity index (χ0n) is 24.1. The van der Waals surface area contributed by atoms with Crippen molar-refractivity contribution in [1.29, 1.82) is 0 Å². The Morgan fingerprint density at radius 3 is 1.15 bits per heavy atom. The molecule has 0 radical (unpaired) electrons. The topological polar surface area (TPSA) is 36.9 Å². The summed E-state index contributed by atoms with van der Waals surface area (Å²) >= 11 is 2.43. The van der Waals surface area contributed by atoms with Crippen LogP contribution in [0, 0.1) is 0 Å². The summed E-state index contributed by atoms with van der Waals surface area (Å²) in [7, 11) is 3.89. The van der Waals surface area contributed by atoms with E-state index in [0.29, 0.717) is 0 Å². The molecule has 4 rings (SSSR count). The van der Waals surface area contributed by atoms with Gasteiger partial charge in [0.1, 0.15) is 0 Å². The van der Waals surface area contributed by atoms with Crippen LogP contribution in [0.4, 0.5) is 0 Å². The van der Waals surface area contributed by atoms with E-state index in [0.717, 1.165) is 23.0 Å². The van der Waals surface area contributed by atoms with Crippen LogP contribution < -0.4 is 71.7 Å². The van der Waals surface area contributed by atoms with Gasteiger partial charge in [0.05, 0.1) is 0 Å². The van der Waals surface area contributed by atoms with Gasteiger partial charge in [0.25, 0.3) is 0 Å². The second kappa shape index (κ2) is 14.4. The van der Waals surface area contributed by atoms with Crippen molar-refractivity contribution in [2.45, 2.75) is 31.0 Å². The first kappa shape index (κ1) is 36.2.